The van der Waals surface area contributed by atoms with Gasteiger partial charge in [-0.15, -0.1) is 0 Å². The van der Waals surface area contributed by atoms with E-state index in [1.165, 1.54) is 68.5 Å². The van der Waals surface area contributed by atoms with Gasteiger partial charge in [0.05, 0.1) is 8.80 Å². The highest BCUT2D eigenvalue weighted by Crippen LogP contribution is 2.57. The molecule has 0 bridgehead atoms. The maximum absolute atomic E-state index is 6.70. The largest absolute Gasteiger partial charge is 0.544 e. The first kappa shape index (κ1) is 40.3. The van der Waals surface area contributed by atoms with Crippen LogP contribution < -0.4 is 8.85 Å². The first-order valence-corrected chi connectivity index (χ1v) is 29.2. The minimum absolute atomic E-state index is 0.195. The molecular formula is C48H72O2Si3. The summed E-state index contributed by atoms with van der Waals surface area (Å²) in [7, 11) is -5.02. The molecule has 4 aliphatic rings. The van der Waals surface area contributed by atoms with Crippen molar-refractivity contribution in [3.05, 3.63) is 105 Å². The van der Waals surface area contributed by atoms with E-state index in [-0.39, 0.29) is 10.1 Å². The molecule has 288 valence electrons. The molecule has 2 aromatic rings. The molecule has 0 aliphatic heterocycles. The molecule has 0 spiro atoms. The zero-order chi connectivity index (χ0) is 38.5. The van der Waals surface area contributed by atoms with Gasteiger partial charge in [-0.1, -0.05) is 126 Å². The van der Waals surface area contributed by atoms with Crippen molar-refractivity contribution in [1.29, 1.82) is 0 Å². The van der Waals surface area contributed by atoms with Crippen molar-refractivity contribution in [2.24, 2.45) is 0 Å². The Hall–Kier alpha value is -2.35. The standard InChI is InChI=1S/C48H72O2Si3/c1-14-51(45-33(2)31-43-39(19-15-17-21-41(43)45)35-23-27-37(28-24-35)49-52(10,11)47(4,5)6)46-34(3)32-44-40(20-16-18-22-42(44)46)36-25-29-38(30-26-36)50-53(12,13)48(7,8)9/h23-32,39-40,45-46,51H,14-22H2,1-13H3. The van der Waals surface area contributed by atoms with Crippen LogP contribution in [0.25, 0.3) is 0 Å². The van der Waals surface area contributed by atoms with E-state index in [9.17, 15) is 0 Å². The van der Waals surface area contributed by atoms with Crippen molar-refractivity contribution >= 4 is 25.4 Å². The topological polar surface area (TPSA) is 18.5 Å². The van der Waals surface area contributed by atoms with Crippen LogP contribution in [0.5, 0.6) is 11.5 Å². The summed E-state index contributed by atoms with van der Waals surface area (Å²) < 4.78 is 13.4. The third-order valence-corrected chi connectivity index (χ3v) is 27.8. The molecule has 0 radical (unpaired) electrons. The van der Waals surface area contributed by atoms with Crippen LogP contribution in [0.15, 0.2) is 94.1 Å². The van der Waals surface area contributed by atoms with Gasteiger partial charge in [-0.05, 0) is 146 Å². The van der Waals surface area contributed by atoms with E-state index >= 15 is 0 Å². The molecule has 0 heterocycles. The molecule has 2 nitrogen and oxygen atoms in total. The summed E-state index contributed by atoms with van der Waals surface area (Å²) in [5.74, 6) is 3.09. The summed E-state index contributed by atoms with van der Waals surface area (Å²) in [4.78, 5) is 0. The van der Waals surface area contributed by atoms with Gasteiger partial charge in [-0.25, -0.2) is 0 Å². The van der Waals surface area contributed by atoms with Crippen LogP contribution in [0.1, 0.15) is 137 Å². The van der Waals surface area contributed by atoms with Crippen molar-refractivity contribution in [3.8, 4) is 11.5 Å². The molecule has 4 aliphatic carbocycles. The van der Waals surface area contributed by atoms with Gasteiger partial charge in [0.15, 0.2) is 0 Å². The normalized spacial score (nSPS) is 24.9. The average Bonchev–Trinajstić information content (AvgIpc) is 3.36. The Labute approximate surface area is 328 Å². The molecular weight excluding hydrogens is 693 g/mol. The fraction of sp³-hybridized carbons (Fsp3) is 0.583. The molecule has 0 N–H and O–H groups in total. The first-order chi connectivity index (χ1) is 24.8. The van der Waals surface area contributed by atoms with Crippen LogP contribution in [0.4, 0.5) is 0 Å². The highest BCUT2D eigenvalue weighted by Gasteiger charge is 2.44. The Bertz CT molecular complexity index is 1630. The SMILES string of the molecule is CC[SiH](C1C(C)=CC2=C1CCCCC2c1ccc(O[Si](C)(C)C(C)(C)C)cc1)C1C(C)=CC2=C1CCCCC2c1ccc(O[Si](C)(C)C(C)(C)C)cc1. The van der Waals surface area contributed by atoms with Crippen LogP contribution in [0.3, 0.4) is 0 Å². The highest BCUT2D eigenvalue weighted by molar-refractivity contribution is 6.75. The molecule has 4 unspecified atom stereocenters. The second-order valence-corrected chi connectivity index (χ2v) is 33.2. The molecule has 0 amide bonds. The molecule has 0 aromatic heterocycles. The van der Waals surface area contributed by atoms with Crippen LogP contribution in [-0.2, 0) is 0 Å². The monoisotopic (exact) mass is 764 g/mol. The Morgan fingerprint density at radius 2 is 0.943 bits per heavy atom. The maximum Gasteiger partial charge on any atom is 0.250 e. The Kier molecular flexibility index (Phi) is 11.6. The van der Waals surface area contributed by atoms with E-state index in [0.29, 0.717) is 22.9 Å². The summed E-state index contributed by atoms with van der Waals surface area (Å²) in [6, 6.07) is 20.0. The van der Waals surface area contributed by atoms with Gasteiger partial charge in [0.1, 0.15) is 11.5 Å². The predicted octanol–water partition coefficient (Wildman–Crippen LogP) is 15.0. The summed E-state index contributed by atoms with van der Waals surface area (Å²) in [5, 5.41) is 0.390. The van der Waals surface area contributed by atoms with Gasteiger partial charge in [0, 0.05) is 11.8 Å². The zero-order valence-corrected chi connectivity index (χ0v) is 39.0. The van der Waals surface area contributed by atoms with Gasteiger partial charge >= 0.3 is 0 Å². The Morgan fingerprint density at radius 1 is 0.585 bits per heavy atom. The fourth-order valence-corrected chi connectivity index (χ4v) is 16.3. The third-order valence-electron chi connectivity index (χ3n) is 14.6. The third kappa shape index (κ3) is 8.14. The van der Waals surface area contributed by atoms with E-state index in [1.807, 2.05) is 11.1 Å². The van der Waals surface area contributed by atoms with Gasteiger partial charge < -0.3 is 8.85 Å². The maximum atomic E-state index is 6.70. The van der Waals surface area contributed by atoms with E-state index in [2.05, 4.69) is 149 Å². The van der Waals surface area contributed by atoms with Gasteiger partial charge in [-0.3, -0.25) is 0 Å². The quantitative estimate of drug-likeness (QED) is 0.237. The first-order valence-electron chi connectivity index (χ1n) is 21.2. The lowest BCUT2D eigenvalue weighted by atomic mass is 9.87. The highest BCUT2D eigenvalue weighted by atomic mass is 28.4. The Balaban J connectivity index is 1.28. The molecule has 0 saturated heterocycles. The van der Waals surface area contributed by atoms with Gasteiger partial charge in [0.25, 0.3) is 0 Å². The van der Waals surface area contributed by atoms with Crippen molar-refractivity contribution in [2.45, 2.75) is 179 Å². The molecule has 2 aromatic carbocycles. The molecule has 6 rings (SSSR count). The number of hydrogen-bond donors (Lipinski definition) is 0. The summed E-state index contributed by atoms with van der Waals surface area (Å²) >= 11 is 0. The molecule has 0 saturated carbocycles. The molecule has 53 heavy (non-hydrogen) atoms. The molecule has 4 atom stereocenters. The molecule has 5 heteroatoms. The van der Waals surface area contributed by atoms with Crippen molar-refractivity contribution < 1.29 is 8.85 Å². The minimum atomic E-state index is -1.87. The second-order valence-electron chi connectivity index (χ2n) is 20.2. The van der Waals surface area contributed by atoms with Gasteiger partial charge in [0.2, 0.25) is 16.6 Å². The number of benzene rings is 2. The minimum Gasteiger partial charge on any atom is -0.544 e. The van der Waals surface area contributed by atoms with Crippen LogP contribution in [0, 0.1) is 0 Å². The van der Waals surface area contributed by atoms with Crippen molar-refractivity contribution in [1.82, 2.24) is 0 Å². The van der Waals surface area contributed by atoms with Crippen molar-refractivity contribution in [3.63, 3.8) is 0 Å². The smallest absolute Gasteiger partial charge is 0.250 e. The summed E-state index contributed by atoms with van der Waals surface area (Å²) in [5.41, 5.74) is 14.7. The lowest BCUT2D eigenvalue weighted by molar-refractivity contribution is 0.491. The van der Waals surface area contributed by atoms with E-state index < -0.39 is 25.4 Å². The van der Waals surface area contributed by atoms with Crippen molar-refractivity contribution in [2.75, 3.05) is 0 Å². The fourth-order valence-electron chi connectivity index (χ4n) is 9.63. The van der Waals surface area contributed by atoms with Crippen LogP contribution in [0.2, 0.25) is 53.4 Å². The second kappa shape index (κ2) is 15.3. The Morgan fingerprint density at radius 3 is 1.26 bits per heavy atom. The number of hydrogen-bond acceptors (Lipinski definition) is 2. The van der Waals surface area contributed by atoms with E-state index in [0.717, 1.165) is 11.5 Å². The average molecular weight is 765 g/mol. The number of allylic oxidation sites excluding steroid dienone is 8. The lowest BCUT2D eigenvalue weighted by Crippen LogP contribution is -2.43. The predicted molar refractivity (Wildman–Crippen MR) is 238 cm³/mol. The number of rotatable bonds is 9. The van der Waals surface area contributed by atoms with E-state index in [4.69, 9.17) is 8.85 Å². The van der Waals surface area contributed by atoms with Crippen LogP contribution in [-0.4, -0.2) is 25.4 Å². The molecule has 0 fully saturated rings. The van der Waals surface area contributed by atoms with E-state index in [1.54, 1.807) is 22.3 Å². The van der Waals surface area contributed by atoms with Gasteiger partial charge in [-0.2, -0.15) is 0 Å². The lowest BCUT2D eigenvalue weighted by Gasteiger charge is -2.36. The zero-order valence-electron chi connectivity index (χ0n) is 35.8. The van der Waals surface area contributed by atoms with Crippen LogP contribution >= 0.6 is 0 Å². The summed E-state index contributed by atoms with van der Waals surface area (Å²) in [6.45, 7) is 30.9. The summed E-state index contributed by atoms with van der Waals surface area (Å²) in [6.07, 6.45) is 15.7.